The van der Waals surface area contributed by atoms with Crippen molar-refractivity contribution in [2.24, 2.45) is 0 Å². The Morgan fingerprint density at radius 2 is 1.07 bits per heavy atom. The van der Waals surface area contributed by atoms with Gasteiger partial charge in [0.2, 0.25) is 0 Å². The Bertz CT molecular complexity index is 224. The monoisotopic (exact) mass is 215 g/mol. The van der Waals surface area contributed by atoms with Crippen LogP contribution in [0.3, 0.4) is 0 Å². The molecule has 1 heterocycles. The number of hydrogen-bond acceptors (Lipinski definition) is 3. The van der Waals surface area contributed by atoms with Gasteiger partial charge in [0.15, 0.2) is 0 Å². The Labute approximate surface area is 96.4 Å². The summed E-state index contributed by atoms with van der Waals surface area (Å²) < 4.78 is 0. The Balaban J connectivity index is -0.000000151. The topological polar surface area (TPSA) is 38.7 Å². The van der Waals surface area contributed by atoms with Crippen molar-refractivity contribution in [1.82, 2.24) is 15.0 Å². The van der Waals surface area contributed by atoms with Crippen LogP contribution >= 0.6 is 0 Å². The molecule has 0 atom stereocenters. The fraction of sp³-hybridized carbons (Fsp3) is 0.750. The molecule has 0 saturated heterocycles. The molecule has 1 aromatic heterocycles. The Morgan fingerprint density at radius 1 is 0.733 bits per heavy atom. The molecule has 15 heavy (non-hydrogen) atoms. The highest BCUT2D eigenvalue weighted by Gasteiger charge is 1.98. The molecule has 0 radical (unpaired) electrons. The van der Waals surface area contributed by atoms with Gasteiger partial charge in [0.25, 0.3) is 0 Å². The highest BCUT2D eigenvalue weighted by Crippen LogP contribution is 1.96. The number of aryl methyl sites for hydroxylation is 3. The summed E-state index contributed by atoms with van der Waals surface area (Å²) in [5.41, 5.74) is 0. The second kappa shape index (κ2) is 11.1. The first-order valence-electron chi connectivity index (χ1n) is 3.96. The van der Waals surface area contributed by atoms with Gasteiger partial charge in [-0.25, -0.2) is 15.0 Å². The van der Waals surface area contributed by atoms with Crippen molar-refractivity contribution in [3.8, 4) is 0 Å². The molecule has 0 aliphatic rings. The minimum absolute atomic E-state index is 0. The lowest BCUT2D eigenvalue weighted by Crippen LogP contribution is -2.03. The minimum Gasteiger partial charge on any atom is -0.218 e. The molecule has 0 aromatic carbocycles. The summed E-state index contributed by atoms with van der Waals surface area (Å²) in [6.07, 6.45) is 1.77. The molecule has 1 rings (SSSR count). The van der Waals surface area contributed by atoms with E-state index < -0.39 is 0 Å². The van der Waals surface area contributed by atoms with Crippen LogP contribution in [0, 0.1) is 6.92 Å². The first-order valence-corrected chi connectivity index (χ1v) is 3.96. The van der Waals surface area contributed by atoms with E-state index in [1.807, 2.05) is 20.8 Å². The van der Waals surface area contributed by atoms with Crippen molar-refractivity contribution in [1.29, 1.82) is 0 Å². The summed E-state index contributed by atoms with van der Waals surface area (Å²) in [5, 5.41) is 0. The van der Waals surface area contributed by atoms with Crippen molar-refractivity contribution in [2.45, 2.75) is 63.3 Å². The first-order chi connectivity index (χ1) is 5.26. The van der Waals surface area contributed by atoms with Crippen LogP contribution in [0.25, 0.3) is 0 Å². The van der Waals surface area contributed by atoms with Crippen molar-refractivity contribution in [3.63, 3.8) is 0 Å². The number of aromatic nitrogens is 3. The fourth-order valence-electron chi connectivity index (χ4n) is 0.914. The molecular formula is C12H29N3. The maximum absolute atomic E-state index is 4.25. The van der Waals surface area contributed by atoms with Gasteiger partial charge < -0.3 is 0 Å². The third kappa shape index (κ3) is 7.00. The number of hydrogen-bond donors (Lipinski definition) is 0. The first kappa shape index (κ1) is 23.7. The molecule has 0 spiro atoms. The van der Waals surface area contributed by atoms with Crippen molar-refractivity contribution in [2.75, 3.05) is 0 Å². The molecular weight excluding hydrogens is 186 g/mol. The lowest BCUT2D eigenvalue weighted by Gasteiger charge is -1.99. The summed E-state index contributed by atoms with van der Waals surface area (Å²) in [7, 11) is 0. The number of rotatable bonds is 2. The lowest BCUT2D eigenvalue weighted by atomic mass is 10.4. The molecule has 0 amide bonds. The Kier molecular flexibility index (Phi) is 17.5. The SMILES string of the molecule is C.C.C.C.CCc1nc(C)nc(CC)n1. The third-order valence-corrected chi connectivity index (χ3v) is 1.47. The summed E-state index contributed by atoms with van der Waals surface area (Å²) >= 11 is 0. The largest absolute Gasteiger partial charge is 0.218 e. The molecule has 1 aromatic rings. The average molecular weight is 215 g/mol. The van der Waals surface area contributed by atoms with E-state index in [2.05, 4.69) is 15.0 Å². The standard InChI is InChI=1S/C8H13N3.4CH4/c1-4-7-9-6(3)10-8(5-2)11-7;;;;/h4-5H2,1-3H3;4*1H4. The van der Waals surface area contributed by atoms with Crippen LogP contribution in [0.1, 0.15) is 61.0 Å². The van der Waals surface area contributed by atoms with Crippen molar-refractivity contribution >= 4 is 0 Å². The maximum Gasteiger partial charge on any atom is 0.132 e. The molecule has 0 aliphatic carbocycles. The van der Waals surface area contributed by atoms with Gasteiger partial charge in [-0.3, -0.25) is 0 Å². The zero-order valence-corrected chi connectivity index (χ0v) is 7.26. The molecule has 0 aliphatic heterocycles. The second-order valence-corrected chi connectivity index (χ2v) is 2.42. The van der Waals surface area contributed by atoms with Gasteiger partial charge in [-0.1, -0.05) is 43.6 Å². The summed E-state index contributed by atoms with van der Waals surface area (Å²) in [6.45, 7) is 6.00. The van der Waals surface area contributed by atoms with Crippen molar-refractivity contribution < 1.29 is 0 Å². The lowest BCUT2D eigenvalue weighted by molar-refractivity contribution is 0.798. The average Bonchev–Trinajstić information content (AvgIpc) is 2.03. The van der Waals surface area contributed by atoms with E-state index in [9.17, 15) is 0 Å². The van der Waals surface area contributed by atoms with E-state index >= 15 is 0 Å². The van der Waals surface area contributed by atoms with E-state index in [0.717, 1.165) is 30.3 Å². The molecule has 92 valence electrons. The predicted octanol–water partition coefficient (Wildman–Crippen LogP) is 3.85. The normalized spacial score (nSPS) is 7.40. The molecule has 0 saturated carbocycles. The quantitative estimate of drug-likeness (QED) is 0.752. The van der Waals surface area contributed by atoms with Gasteiger partial charge >= 0.3 is 0 Å². The van der Waals surface area contributed by atoms with E-state index in [1.165, 1.54) is 0 Å². The van der Waals surface area contributed by atoms with E-state index in [0.29, 0.717) is 0 Å². The Morgan fingerprint density at radius 3 is 1.33 bits per heavy atom. The van der Waals surface area contributed by atoms with Gasteiger partial charge in [0.1, 0.15) is 17.5 Å². The van der Waals surface area contributed by atoms with Gasteiger partial charge in [-0.05, 0) is 6.92 Å². The van der Waals surface area contributed by atoms with Crippen molar-refractivity contribution in [3.05, 3.63) is 17.5 Å². The highest BCUT2D eigenvalue weighted by atomic mass is 15.0. The highest BCUT2D eigenvalue weighted by molar-refractivity contribution is 4.95. The molecule has 0 unspecified atom stereocenters. The van der Waals surface area contributed by atoms with Gasteiger partial charge in [0, 0.05) is 12.8 Å². The van der Waals surface area contributed by atoms with Gasteiger partial charge in [-0.2, -0.15) is 0 Å². The minimum atomic E-state index is 0. The molecule has 0 N–H and O–H groups in total. The van der Waals surface area contributed by atoms with Crippen LogP contribution in [0.4, 0.5) is 0 Å². The van der Waals surface area contributed by atoms with E-state index in [1.54, 1.807) is 0 Å². The zero-order valence-electron chi connectivity index (χ0n) is 7.26. The Hall–Kier alpha value is -0.990. The summed E-state index contributed by atoms with van der Waals surface area (Å²) in [4.78, 5) is 12.6. The van der Waals surface area contributed by atoms with Crippen LogP contribution in [-0.2, 0) is 12.8 Å². The van der Waals surface area contributed by atoms with E-state index in [-0.39, 0.29) is 29.7 Å². The number of nitrogens with zero attached hydrogens (tertiary/aromatic N) is 3. The second-order valence-electron chi connectivity index (χ2n) is 2.42. The van der Waals surface area contributed by atoms with Gasteiger partial charge in [-0.15, -0.1) is 0 Å². The zero-order chi connectivity index (χ0) is 8.27. The molecule has 0 bridgehead atoms. The summed E-state index contributed by atoms with van der Waals surface area (Å²) in [5.74, 6) is 2.62. The maximum atomic E-state index is 4.25. The van der Waals surface area contributed by atoms with Crippen LogP contribution in [-0.4, -0.2) is 15.0 Å². The van der Waals surface area contributed by atoms with Gasteiger partial charge in [0.05, 0.1) is 0 Å². The fourth-order valence-corrected chi connectivity index (χ4v) is 0.914. The van der Waals surface area contributed by atoms with Crippen LogP contribution in [0.5, 0.6) is 0 Å². The van der Waals surface area contributed by atoms with E-state index in [4.69, 9.17) is 0 Å². The van der Waals surface area contributed by atoms with Crippen LogP contribution in [0.15, 0.2) is 0 Å². The third-order valence-electron chi connectivity index (χ3n) is 1.47. The van der Waals surface area contributed by atoms with Crippen LogP contribution in [0.2, 0.25) is 0 Å². The summed E-state index contributed by atoms with van der Waals surface area (Å²) in [6, 6.07) is 0. The molecule has 3 nitrogen and oxygen atoms in total. The predicted molar refractivity (Wildman–Crippen MR) is 70.2 cm³/mol. The van der Waals surface area contributed by atoms with Crippen LogP contribution < -0.4 is 0 Å². The molecule has 3 heteroatoms. The molecule has 0 fully saturated rings. The smallest absolute Gasteiger partial charge is 0.132 e.